The summed E-state index contributed by atoms with van der Waals surface area (Å²) in [6.07, 6.45) is -2.94. The third kappa shape index (κ3) is 3.72. The topological polar surface area (TPSA) is 171 Å². The number of rotatable bonds is 6. The minimum Gasteiger partial charge on any atom is -0.444 e. The Bertz CT molecular complexity index is 868. The number of ketones is 1. The first kappa shape index (κ1) is 25.9. The monoisotopic (exact) mass is 482 g/mol. The number of β-lactam (4-membered cyclic amide) rings is 2. The summed E-state index contributed by atoms with van der Waals surface area (Å²) in [5.74, 6) is -2.45. The smallest absolute Gasteiger partial charge is 0.412 e. The van der Waals surface area contributed by atoms with Gasteiger partial charge in [-0.1, -0.05) is 0 Å². The Labute approximate surface area is 198 Å². The Balaban J connectivity index is 1.98. The number of nitrogens with two attached hydrogens (primary N) is 1. The van der Waals surface area contributed by atoms with E-state index in [1.165, 1.54) is 25.7 Å². The Hall–Kier alpha value is -2.73. The van der Waals surface area contributed by atoms with Crippen LogP contribution in [-0.2, 0) is 23.9 Å². The number of Topliss-reactive ketones (excluding diaryl/α,β-unsaturated/α-hetero) is 1. The van der Waals surface area contributed by atoms with Gasteiger partial charge in [-0.2, -0.15) is 0 Å². The van der Waals surface area contributed by atoms with Gasteiger partial charge in [0.15, 0.2) is 5.78 Å². The molecule has 2 spiro atoms. The van der Waals surface area contributed by atoms with Crippen LogP contribution in [0.4, 0.5) is 4.79 Å². The molecule has 2 unspecified atom stereocenters. The molecular weight excluding hydrogens is 448 g/mol. The fraction of sp³-hybridized carbons (Fsp3) is 0.773. The predicted octanol–water partition coefficient (Wildman–Crippen LogP) is -1.25. The van der Waals surface area contributed by atoms with E-state index in [2.05, 4.69) is 0 Å². The summed E-state index contributed by atoms with van der Waals surface area (Å²) < 4.78 is 5.55. The lowest BCUT2D eigenvalue weighted by Gasteiger charge is -2.59. The third-order valence-electron chi connectivity index (χ3n) is 6.86. The van der Waals surface area contributed by atoms with Gasteiger partial charge >= 0.3 is 6.09 Å². The molecule has 3 heterocycles. The minimum absolute atomic E-state index is 0.0507. The van der Waals surface area contributed by atoms with Crippen LogP contribution >= 0.6 is 0 Å². The maximum Gasteiger partial charge on any atom is 0.412 e. The lowest BCUT2D eigenvalue weighted by molar-refractivity contribution is -0.188. The number of hydrogen-bond donors (Lipinski definition) is 3. The van der Waals surface area contributed by atoms with Crippen LogP contribution in [-0.4, -0.2) is 109 Å². The van der Waals surface area contributed by atoms with E-state index in [4.69, 9.17) is 10.5 Å². The molecule has 4 N–H and O–H groups in total. The summed E-state index contributed by atoms with van der Waals surface area (Å²) in [6, 6.07) is -2.35. The van der Waals surface area contributed by atoms with Crippen LogP contribution in [0, 0.1) is 0 Å². The van der Waals surface area contributed by atoms with Gasteiger partial charge in [0.1, 0.15) is 28.8 Å². The molecule has 3 rings (SSSR count). The quantitative estimate of drug-likeness (QED) is 0.394. The van der Waals surface area contributed by atoms with Crippen LogP contribution in [0.25, 0.3) is 0 Å². The lowest BCUT2D eigenvalue weighted by atomic mass is 9.83. The molecule has 34 heavy (non-hydrogen) atoms. The number of aliphatic hydroxyl groups is 2. The van der Waals surface area contributed by atoms with Crippen molar-refractivity contribution >= 4 is 29.6 Å². The SMILES string of the molecule is CC(=O)[C@H]([C@@H](C)O)N1CC2(CCC3(CN([C@H](C(N)=O)[C@@H](C)O)C3=O)N2C(=O)OC(C)(C)C)C1=O. The fourth-order valence-corrected chi connectivity index (χ4v) is 5.52. The van der Waals surface area contributed by atoms with Gasteiger partial charge in [-0.25, -0.2) is 4.79 Å². The number of hydrogen-bond acceptors (Lipinski definition) is 8. The van der Waals surface area contributed by atoms with E-state index < -0.39 is 70.6 Å². The number of likely N-dealkylation sites (tertiary alicyclic amines) is 3. The van der Waals surface area contributed by atoms with Crippen molar-refractivity contribution < 1.29 is 38.9 Å². The molecule has 3 saturated heterocycles. The van der Waals surface area contributed by atoms with Crippen molar-refractivity contribution in [3.8, 4) is 0 Å². The van der Waals surface area contributed by atoms with Gasteiger partial charge in [0.05, 0.1) is 25.3 Å². The second-order valence-electron chi connectivity index (χ2n) is 10.6. The normalized spacial score (nSPS) is 30.1. The van der Waals surface area contributed by atoms with E-state index in [0.29, 0.717) is 0 Å². The van der Waals surface area contributed by atoms with E-state index in [-0.39, 0.29) is 25.9 Å². The van der Waals surface area contributed by atoms with Gasteiger partial charge in [-0.15, -0.1) is 0 Å². The first-order chi connectivity index (χ1) is 15.5. The fourth-order valence-electron chi connectivity index (χ4n) is 5.52. The first-order valence-electron chi connectivity index (χ1n) is 11.3. The Morgan fingerprint density at radius 1 is 0.941 bits per heavy atom. The molecule has 12 heteroatoms. The van der Waals surface area contributed by atoms with Gasteiger partial charge in [-0.05, 0) is 54.4 Å². The van der Waals surface area contributed by atoms with Crippen molar-refractivity contribution in [3.05, 3.63) is 0 Å². The summed E-state index contributed by atoms with van der Waals surface area (Å²) in [7, 11) is 0. The van der Waals surface area contributed by atoms with Crippen molar-refractivity contribution in [3.63, 3.8) is 0 Å². The zero-order valence-corrected chi connectivity index (χ0v) is 20.4. The summed E-state index contributed by atoms with van der Waals surface area (Å²) in [5, 5.41) is 20.0. The predicted molar refractivity (Wildman–Crippen MR) is 117 cm³/mol. The van der Waals surface area contributed by atoms with Crippen LogP contribution in [0.5, 0.6) is 0 Å². The highest BCUT2D eigenvalue weighted by Crippen LogP contribution is 2.53. The highest BCUT2D eigenvalue weighted by atomic mass is 16.6. The van der Waals surface area contributed by atoms with Crippen molar-refractivity contribution in [2.24, 2.45) is 5.73 Å². The first-order valence-corrected chi connectivity index (χ1v) is 11.3. The number of carbonyl (C=O) groups excluding carboxylic acids is 5. The second-order valence-corrected chi connectivity index (χ2v) is 10.6. The Morgan fingerprint density at radius 3 is 1.65 bits per heavy atom. The second kappa shape index (κ2) is 8.19. The molecular formula is C22H34N4O8. The van der Waals surface area contributed by atoms with E-state index in [1.807, 2.05) is 0 Å². The zero-order valence-electron chi connectivity index (χ0n) is 20.4. The number of nitrogens with zero attached hydrogens (tertiary/aromatic N) is 3. The average Bonchev–Trinajstić information content (AvgIpc) is 3.04. The molecule has 0 aromatic heterocycles. The van der Waals surface area contributed by atoms with Crippen LogP contribution in [0.15, 0.2) is 0 Å². The van der Waals surface area contributed by atoms with E-state index in [1.54, 1.807) is 20.8 Å². The molecule has 190 valence electrons. The maximum absolute atomic E-state index is 13.5. The van der Waals surface area contributed by atoms with Crippen LogP contribution < -0.4 is 5.73 Å². The van der Waals surface area contributed by atoms with Crippen molar-refractivity contribution in [2.45, 2.75) is 95.4 Å². The van der Waals surface area contributed by atoms with Gasteiger partial charge in [0.2, 0.25) is 5.91 Å². The van der Waals surface area contributed by atoms with Gasteiger partial charge in [-0.3, -0.25) is 24.1 Å². The number of aliphatic hydroxyl groups excluding tert-OH is 2. The summed E-state index contributed by atoms with van der Waals surface area (Å²) in [6.45, 7) is 8.81. The molecule has 0 aromatic rings. The number of carbonyl (C=O) groups is 5. The molecule has 12 nitrogen and oxygen atoms in total. The average molecular weight is 483 g/mol. The number of ether oxygens (including phenoxy) is 1. The van der Waals surface area contributed by atoms with Gasteiger partial charge in [0, 0.05) is 0 Å². The van der Waals surface area contributed by atoms with E-state index in [9.17, 15) is 34.2 Å². The highest BCUT2D eigenvalue weighted by molar-refractivity contribution is 6.05. The Morgan fingerprint density at radius 2 is 1.35 bits per heavy atom. The molecule has 6 atom stereocenters. The van der Waals surface area contributed by atoms with Crippen molar-refractivity contribution in [1.82, 2.24) is 14.7 Å². The maximum atomic E-state index is 13.5. The summed E-state index contributed by atoms with van der Waals surface area (Å²) in [5.41, 5.74) is 1.60. The van der Waals surface area contributed by atoms with Crippen LogP contribution in [0.3, 0.4) is 0 Å². The molecule has 0 aliphatic carbocycles. The molecule has 4 amide bonds. The zero-order chi connectivity index (χ0) is 26.0. The van der Waals surface area contributed by atoms with Crippen LogP contribution in [0.1, 0.15) is 54.4 Å². The molecule has 3 aliphatic heterocycles. The molecule has 0 saturated carbocycles. The molecule has 0 aromatic carbocycles. The number of primary amides is 1. The largest absolute Gasteiger partial charge is 0.444 e. The molecule has 0 radical (unpaired) electrons. The highest BCUT2D eigenvalue weighted by Gasteiger charge is 2.75. The van der Waals surface area contributed by atoms with Crippen LogP contribution in [0.2, 0.25) is 0 Å². The van der Waals surface area contributed by atoms with Gasteiger partial charge < -0.3 is 30.5 Å². The van der Waals surface area contributed by atoms with Crippen molar-refractivity contribution in [1.29, 1.82) is 0 Å². The molecule has 3 aliphatic rings. The molecule has 3 fully saturated rings. The minimum atomic E-state index is -1.44. The summed E-state index contributed by atoms with van der Waals surface area (Å²) in [4.78, 5) is 67.7. The summed E-state index contributed by atoms with van der Waals surface area (Å²) >= 11 is 0. The Kier molecular flexibility index (Phi) is 6.24. The lowest BCUT2D eigenvalue weighted by Crippen LogP contribution is -2.84. The number of amides is 4. The molecule has 0 bridgehead atoms. The van der Waals surface area contributed by atoms with Gasteiger partial charge in [0.25, 0.3) is 11.8 Å². The standard InChI is InChI=1S/C22H34N4O8/c1-11(27)14(12(2)28)24-9-21(17(24)31)7-8-22(26(21)19(33)34-20(4,5)6)10-25(18(22)32)15(13(3)29)16(23)30/h11,13-15,27,29H,7-10H2,1-6H3,(H2,23,30)/t11-,13-,14+,15+,21?,22?/m1/s1. The van der Waals surface area contributed by atoms with Crippen molar-refractivity contribution in [2.75, 3.05) is 13.1 Å². The van der Waals surface area contributed by atoms with E-state index in [0.717, 1.165) is 9.80 Å². The van der Waals surface area contributed by atoms with E-state index >= 15 is 0 Å². The third-order valence-corrected chi connectivity index (χ3v) is 6.86.